The lowest BCUT2D eigenvalue weighted by Gasteiger charge is -2.08. The van der Waals surface area contributed by atoms with Crippen LogP contribution in [0.2, 0.25) is 0 Å². The maximum absolute atomic E-state index is 10.8. The van der Waals surface area contributed by atoms with E-state index >= 15 is 0 Å². The highest BCUT2D eigenvalue weighted by atomic mass is 79.9. The first-order chi connectivity index (χ1) is 9.65. The minimum atomic E-state index is -0.400. The number of thioether (sulfide) groups is 1. The molecule has 7 heteroatoms. The van der Waals surface area contributed by atoms with Crippen LogP contribution >= 0.6 is 43.6 Å². The van der Waals surface area contributed by atoms with Gasteiger partial charge in [-0.25, -0.2) is 4.79 Å². The lowest BCUT2D eigenvalue weighted by molar-refractivity contribution is 0.316. The molecule has 2 rings (SSSR count). The minimum Gasteiger partial charge on any atom is -0.492 e. The number of hydrogen-bond acceptors (Lipinski definition) is 4. The largest absolute Gasteiger partial charge is 0.492 e. The number of H-pyrrole nitrogens is 1. The van der Waals surface area contributed by atoms with Crippen molar-refractivity contribution < 1.29 is 9.15 Å². The molecule has 1 N–H and O–H groups in total. The molecule has 0 radical (unpaired) electrons. The van der Waals surface area contributed by atoms with Crippen LogP contribution in [0.25, 0.3) is 0 Å². The molecule has 0 saturated carbocycles. The summed E-state index contributed by atoms with van der Waals surface area (Å²) < 4.78 is 12.6. The topological polar surface area (TPSA) is 55.2 Å². The Bertz CT molecular complexity index is 612. The Labute approximate surface area is 137 Å². The normalized spacial score (nSPS) is 10.7. The zero-order valence-corrected chi connectivity index (χ0v) is 14.5. The number of hydrogen-bond donors (Lipinski definition) is 1. The van der Waals surface area contributed by atoms with E-state index in [1.165, 1.54) is 0 Å². The zero-order valence-electron chi connectivity index (χ0n) is 10.5. The van der Waals surface area contributed by atoms with E-state index in [9.17, 15) is 4.79 Å². The number of aromatic amines is 1. The van der Waals surface area contributed by atoms with Gasteiger partial charge in [0, 0.05) is 10.7 Å². The predicted molar refractivity (Wildman–Crippen MR) is 87.4 cm³/mol. The van der Waals surface area contributed by atoms with Crippen molar-refractivity contribution in [2.24, 2.45) is 0 Å². The highest BCUT2D eigenvalue weighted by molar-refractivity contribution is 9.11. The van der Waals surface area contributed by atoms with Crippen LogP contribution in [0.4, 0.5) is 0 Å². The molecule has 0 saturated heterocycles. The van der Waals surface area contributed by atoms with Gasteiger partial charge in [-0.3, -0.25) is 4.98 Å². The van der Waals surface area contributed by atoms with Crippen LogP contribution in [-0.2, 0) is 5.75 Å². The number of oxazole rings is 1. The molecule has 0 atom stereocenters. The summed E-state index contributed by atoms with van der Waals surface area (Å²) in [7, 11) is 0. The highest BCUT2D eigenvalue weighted by Crippen LogP contribution is 2.28. The average Bonchev–Trinajstić information content (AvgIpc) is 2.83. The maximum Gasteiger partial charge on any atom is 0.416 e. The number of benzene rings is 1. The number of halogens is 2. The molecule has 0 spiro atoms. The van der Waals surface area contributed by atoms with Gasteiger partial charge >= 0.3 is 5.76 Å². The van der Waals surface area contributed by atoms with E-state index in [-0.39, 0.29) is 0 Å². The summed E-state index contributed by atoms with van der Waals surface area (Å²) in [5.74, 6) is 2.75. The van der Waals surface area contributed by atoms with Crippen LogP contribution in [0.5, 0.6) is 5.75 Å². The van der Waals surface area contributed by atoms with Crippen molar-refractivity contribution >= 4 is 43.6 Å². The Morgan fingerprint density at radius 2 is 2.20 bits per heavy atom. The lowest BCUT2D eigenvalue weighted by atomic mass is 10.3. The van der Waals surface area contributed by atoms with E-state index in [0.717, 1.165) is 26.9 Å². The second-order valence-corrected chi connectivity index (χ2v) is 6.85. The quantitative estimate of drug-likeness (QED) is 0.679. The summed E-state index contributed by atoms with van der Waals surface area (Å²) >= 11 is 8.57. The number of aromatic nitrogens is 1. The molecule has 1 heterocycles. The first-order valence-electron chi connectivity index (χ1n) is 5.98. The SMILES string of the molecule is O=c1[nH]cc(CSCCCOc2cc(Br)ccc2Br)o1. The smallest absolute Gasteiger partial charge is 0.416 e. The fourth-order valence-corrected chi connectivity index (χ4v) is 3.00. The first-order valence-corrected chi connectivity index (χ1v) is 8.72. The number of rotatable bonds is 7. The summed E-state index contributed by atoms with van der Waals surface area (Å²) in [5, 5.41) is 0. The predicted octanol–water partition coefficient (Wildman–Crippen LogP) is 4.20. The lowest BCUT2D eigenvalue weighted by Crippen LogP contribution is -1.99. The van der Waals surface area contributed by atoms with Crippen molar-refractivity contribution in [1.82, 2.24) is 4.98 Å². The molecule has 0 unspecified atom stereocenters. The second-order valence-electron chi connectivity index (χ2n) is 3.97. The Kier molecular flexibility index (Phi) is 6.25. The molecule has 0 aliphatic heterocycles. The Morgan fingerprint density at radius 1 is 1.35 bits per heavy atom. The van der Waals surface area contributed by atoms with E-state index in [1.807, 2.05) is 18.2 Å². The van der Waals surface area contributed by atoms with Crippen molar-refractivity contribution in [3.05, 3.63) is 49.7 Å². The van der Waals surface area contributed by atoms with Crippen LogP contribution in [0.3, 0.4) is 0 Å². The molecule has 0 amide bonds. The minimum absolute atomic E-state index is 0.400. The third kappa shape index (κ3) is 5.03. The van der Waals surface area contributed by atoms with Crippen LogP contribution in [0.15, 0.2) is 42.6 Å². The van der Waals surface area contributed by atoms with E-state index < -0.39 is 5.76 Å². The molecule has 0 aliphatic rings. The van der Waals surface area contributed by atoms with Gasteiger partial charge in [0.15, 0.2) is 0 Å². The fourth-order valence-electron chi connectivity index (χ4n) is 1.49. The number of nitrogens with one attached hydrogen (secondary N) is 1. The van der Waals surface area contributed by atoms with Crippen LogP contribution in [0, 0.1) is 0 Å². The summed E-state index contributed by atoms with van der Waals surface area (Å²) in [4.78, 5) is 13.3. The van der Waals surface area contributed by atoms with Gasteiger partial charge < -0.3 is 9.15 Å². The summed E-state index contributed by atoms with van der Waals surface area (Å²) in [6.07, 6.45) is 2.53. The van der Waals surface area contributed by atoms with Gasteiger partial charge in [-0.2, -0.15) is 11.8 Å². The Balaban J connectivity index is 1.64. The third-order valence-corrected chi connectivity index (χ3v) is 4.62. The molecule has 0 fully saturated rings. The van der Waals surface area contributed by atoms with Crippen molar-refractivity contribution in [2.75, 3.05) is 12.4 Å². The van der Waals surface area contributed by atoms with Gasteiger partial charge in [0.2, 0.25) is 0 Å². The van der Waals surface area contributed by atoms with Gasteiger partial charge in [0.1, 0.15) is 11.5 Å². The molecule has 0 bridgehead atoms. The van der Waals surface area contributed by atoms with Gasteiger partial charge in [-0.15, -0.1) is 0 Å². The molecule has 20 heavy (non-hydrogen) atoms. The van der Waals surface area contributed by atoms with Crippen LogP contribution in [0.1, 0.15) is 12.2 Å². The van der Waals surface area contributed by atoms with E-state index in [0.29, 0.717) is 18.1 Å². The molecule has 1 aromatic heterocycles. The van der Waals surface area contributed by atoms with E-state index in [1.54, 1.807) is 18.0 Å². The third-order valence-electron chi connectivity index (χ3n) is 2.40. The van der Waals surface area contributed by atoms with Gasteiger partial charge in [-0.1, -0.05) is 15.9 Å². The zero-order chi connectivity index (χ0) is 14.4. The van der Waals surface area contributed by atoms with E-state index in [2.05, 4.69) is 36.8 Å². The van der Waals surface area contributed by atoms with Crippen molar-refractivity contribution in [3.8, 4) is 5.75 Å². The summed E-state index contributed by atoms with van der Waals surface area (Å²) in [6.45, 7) is 0.652. The van der Waals surface area contributed by atoms with Crippen LogP contribution < -0.4 is 10.5 Å². The monoisotopic (exact) mass is 421 g/mol. The molecular formula is C13H13Br2NO3S. The summed E-state index contributed by atoms with van der Waals surface area (Å²) in [6, 6.07) is 5.84. The molecule has 0 aliphatic carbocycles. The van der Waals surface area contributed by atoms with Gasteiger partial charge in [0.25, 0.3) is 0 Å². The van der Waals surface area contributed by atoms with Crippen molar-refractivity contribution in [3.63, 3.8) is 0 Å². The molecular weight excluding hydrogens is 410 g/mol. The fraction of sp³-hybridized carbons (Fsp3) is 0.308. The van der Waals surface area contributed by atoms with E-state index in [4.69, 9.17) is 9.15 Å². The Morgan fingerprint density at radius 3 is 2.95 bits per heavy atom. The molecule has 4 nitrogen and oxygen atoms in total. The summed E-state index contributed by atoms with van der Waals surface area (Å²) in [5.41, 5.74) is 0. The van der Waals surface area contributed by atoms with Crippen LogP contribution in [-0.4, -0.2) is 17.3 Å². The van der Waals surface area contributed by atoms with Gasteiger partial charge in [-0.05, 0) is 46.3 Å². The van der Waals surface area contributed by atoms with Gasteiger partial charge in [0.05, 0.1) is 16.8 Å². The second kappa shape index (κ2) is 7.95. The molecule has 108 valence electrons. The standard InChI is InChI=1S/C13H13Br2NO3S/c14-9-2-3-11(15)12(6-9)18-4-1-5-20-8-10-7-16-13(17)19-10/h2-3,6-7H,1,4-5,8H2,(H,16,17). The number of ether oxygens (including phenoxy) is 1. The Hall–Kier alpha value is -0.660. The maximum atomic E-state index is 10.8. The highest BCUT2D eigenvalue weighted by Gasteiger charge is 2.02. The average molecular weight is 423 g/mol. The molecule has 2 aromatic rings. The molecule has 1 aromatic carbocycles. The van der Waals surface area contributed by atoms with Crippen molar-refractivity contribution in [2.45, 2.75) is 12.2 Å². The first kappa shape index (κ1) is 15.7. The van der Waals surface area contributed by atoms with Crippen molar-refractivity contribution in [1.29, 1.82) is 0 Å².